The van der Waals surface area contributed by atoms with Crippen molar-refractivity contribution in [3.63, 3.8) is 0 Å². The van der Waals surface area contributed by atoms with E-state index in [2.05, 4.69) is 12.2 Å². The van der Waals surface area contributed by atoms with E-state index < -0.39 is 5.91 Å². The Hall–Kier alpha value is -2.56. The molecule has 22 heavy (non-hydrogen) atoms. The molecule has 0 fully saturated rings. The van der Waals surface area contributed by atoms with Crippen LogP contribution in [0.2, 0.25) is 0 Å². The molecule has 0 aliphatic rings. The SMILES string of the molecule is CCC(CC(=O)Nc1cc(C(N)=O)n(C)c1)c1ccccc1. The molecule has 0 saturated carbocycles. The molecule has 1 unspecified atom stereocenters. The summed E-state index contributed by atoms with van der Waals surface area (Å²) in [5.41, 5.74) is 7.38. The van der Waals surface area contributed by atoms with Crippen LogP contribution in [0.5, 0.6) is 0 Å². The third kappa shape index (κ3) is 3.75. The molecule has 0 spiro atoms. The van der Waals surface area contributed by atoms with Crippen molar-refractivity contribution in [2.45, 2.75) is 25.7 Å². The van der Waals surface area contributed by atoms with Gasteiger partial charge < -0.3 is 15.6 Å². The minimum Gasteiger partial charge on any atom is -0.364 e. The van der Waals surface area contributed by atoms with Crippen molar-refractivity contribution in [1.82, 2.24) is 4.57 Å². The highest BCUT2D eigenvalue weighted by molar-refractivity contribution is 5.95. The third-order valence-electron chi connectivity index (χ3n) is 3.74. The summed E-state index contributed by atoms with van der Waals surface area (Å²) in [6.45, 7) is 2.07. The lowest BCUT2D eigenvalue weighted by atomic mass is 9.93. The van der Waals surface area contributed by atoms with Crippen LogP contribution in [0.3, 0.4) is 0 Å². The minimum atomic E-state index is -0.515. The second kappa shape index (κ2) is 6.93. The number of amides is 2. The van der Waals surface area contributed by atoms with Crippen LogP contribution in [-0.4, -0.2) is 16.4 Å². The minimum absolute atomic E-state index is 0.0719. The van der Waals surface area contributed by atoms with Crippen LogP contribution in [0, 0.1) is 0 Å². The van der Waals surface area contributed by atoms with Crippen molar-refractivity contribution in [3.05, 3.63) is 53.9 Å². The number of anilines is 1. The van der Waals surface area contributed by atoms with Gasteiger partial charge in [0.25, 0.3) is 5.91 Å². The Morgan fingerprint density at radius 2 is 1.95 bits per heavy atom. The molecule has 116 valence electrons. The normalized spacial score (nSPS) is 11.9. The molecule has 1 aromatic carbocycles. The second-order valence-electron chi connectivity index (χ2n) is 5.36. The van der Waals surface area contributed by atoms with Gasteiger partial charge in [0, 0.05) is 19.7 Å². The standard InChI is InChI=1S/C17H21N3O2/c1-3-12(13-7-5-4-6-8-13)9-16(21)19-14-10-15(17(18)22)20(2)11-14/h4-8,10-12H,3,9H2,1-2H3,(H2,18,22)(H,19,21). The molecule has 5 nitrogen and oxygen atoms in total. The van der Waals surface area contributed by atoms with Gasteiger partial charge in [-0.15, -0.1) is 0 Å². The largest absolute Gasteiger partial charge is 0.364 e. The zero-order chi connectivity index (χ0) is 16.1. The number of nitrogens with zero attached hydrogens (tertiary/aromatic N) is 1. The number of nitrogens with one attached hydrogen (secondary N) is 1. The van der Waals surface area contributed by atoms with Crippen LogP contribution in [0.15, 0.2) is 42.6 Å². The van der Waals surface area contributed by atoms with E-state index in [0.29, 0.717) is 17.8 Å². The number of carbonyl (C=O) groups is 2. The molecular weight excluding hydrogens is 278 g/mol. The summed E-state index contributed by atoms with van der Waals surface area (Å²) in [6, 6.07) is 11.6. The van der Waals surface area contributed by atoms with Crippen molar-refractivity contribution in [2.24, 2.45) is 12.8 Å². The zero-order valence-electron chi connectivity index (χ0n) is 12.9. The summed E-state index contributed by atoms with van der Waals surface area (Å²) in [4.78, 5) is 23.4. The van der Waals surface area contributed by atoms with Crippen molar-refractivity contribution in [3.8, 4) is 0 Å². The molecule has 0 saturated heterocycles. The van der Waals surface area contributed by atoms with E-state index in [4.69, 9.17) is 5.73 Å². The molecule has 2 aromatic rings. The number of hydrogen-bond donors (Lipinski definition) is 2. The molecule has 0 aliphatic carbocycles. The highest BCUT2D eigenvalue weighted by Gasteiger charge is 2.15. The zero-order valence-corrected chi connectivity index (χ0v) is 12.9. The molecule has 1 atom stereocenters. The van der Waals surface area contributed by atoms with Crippen LogP contribution in [-0.2, 0) is 11.8 Å². The van der Waals surface area contributed by atoms with Gasteiger partial charge in [-0.25, -0.2) is 0 Å². The number of benzene rings is 1. The predicted octanol–water partition coefficient (Wildman–Crippen LogP) is 2.65. The Bertz CT molecular complexity index is 662. The molecule has 3 N–H and O–H groups in total. The lowest BCUT2D eigenvalue weighted by Gasteiger charge is -2.14. The average molecular weight is 299 g/mol. The number of rotatable bonds is 6. The first-order valence-electron chi connectivity index (χ1n) is 7.32. The van der Waals surface area contributed by atoms with Crippen LogP contribution in [0.4, 0.5) is 5.69 Å². The van der Waals surface area contributed by atoms with Gasteiger partial charge in [0.2, 0.25) is 5.91 Å². The molecule has 0 bridgehead atoms. The van der Waals surface area contributed by atoms with Gasteiger partial charge in [0.05, 0.1) is 5.69 Å². The number of primary amides is 1. The molecular formula is C17H21N3O2. The predicted molar refractivity (Wildman–Crippen MR) is 86.7 cm³/mol. The Morgan fingerprint density at radius 3 is 2.50 bits per heavy atom. The van der Waals surface area contributed by atoms with Gasteiger partial charge in [-0.3, -0.25) is 9.59 Å². The number of nitrogens with two attached hydrogens (primary N) is 1. The lowest BCUT2D eigenvalue weighted by Crippen LogP contribution is -2.15. The van der Waals surface area contributed by atoms with E-state index in [1.165, 1.54) is 0 Å². The van der Waals surface area contributed by atoms with Crippen LogP contribution in [0.25, 0.3) is 0 Å². The summed E-state index contributed by atoms with van der Waals surface area (Å²) in [6.07, 6.45) is 2.97. The summed E-state index contributed by atoms with van der Waals surface area (Å²) in [7, 11) is 1.72. The maximum atomic E-state index is 12.2. The van der Waals surface area contributed by atoms with Gasteiger partial charge in [-0.05, 0) is 24.0 Å². The molecule has 0 aliphatic heterocycles. The Kier molecular flexibility index (Phi) is 4.99. The lowest BCUT2D eigenvalue weighted by molar-refractivity contribution is -0.116. The monoisotopic (exact) mass is 299 g/mol. The Labute approximate surface area is 130 Å². The number of aryl methyl sites for hydroxylation is 1. The molecule has 5 heteroatoms. The van der Waals surface area contributed by atoms with Crippen molar-refractivity contribution in [2.75, 3.05) is 5.32 Å². The van der Waals surface area contributed by atoms with Crippen molar-refractivity contribution < 1.29 is 9.59 Å². The first-order valence-corrected chi connectivity index (χ1v) is 7.32. The maximum Gasteiger partial charge on any atom is 0.265 e. The molecule has 1 aromatic heterocycles. The van der Waals surface area contributed by atoms with Gasteiger partial charge in [0.1, 0.15) is 5.69 Å². The average Bonchev–Trinajstić information content (AvgIpc) is 2.86. The van der Waals surface area contributed by atoms with Crippen LogP contribution >= 0.6 is 0 Å². The van der Waals surface area contributed by atoms with E-state index in [-0.39, 0.29) is 11.8 Å². The van der Waals surface area contributed by atoms with E-state index >= 15 is 0 Å². The quantitative estimate of drug-likeness (QED) is 0.860. The fourth-order valence-corrected chi connectivity index (χ4v) is 2.54. The first kappa shape index (κ1) is 15.8. The van der Waals surface area contributed by atoms with E-state index in [1.54, 1.807) is 23.9 Å². The summed E-state index contributed by atoms with van der Waals surface area (Å²) >= 11 is 0. The fraction of sp³-hybridized carbons (Fsp3) is 0.294. The number of aromatic nitrogens is 1. The second-order valence-corrected chi connectivity index (χ2v) is 5.36. The van der Waals surface area contributed by atoms with E-state index in [1.807, 2.05) is 30.3 Å². The third-order valence-corrected chi connectivity index (χ3v) is 3.74. The molecule has 1 heterocycles. The summed E-state index contributed by atoms with van der Waals surface area (Å²) < 4.78 is 1.60. The van der Waals surface area contributed by atoms with E-state index in [0.717, 1.165) is 12.0 Å². The summed E-state index contributed by atoms with van der Waals surface area (Å²) in [5.74, 6) is -0.406. The fourth-order valence-electron chi connectivity index (χ4n) is 2.54. The van der Waals surface area contributed by atoms with Crippen molar-refractivity contribution >= 4 is 17.5 Å². The maximum absolute atomic E-state index is 12.2. The van der Waals surface area contributed by atoms with Gasteiger partial charge in [-0.1, -0.05) is 37.3 Å². The van der Waals surface area contributed by atoms with Crippen molar-refractivity contribution in [1.29, 1.82) is 0 Å². The Balaban J connectivity index is 2.03. The molecule has 0 radical (unpaired) electrons. The first-order chi connectivity index (χ1) is 10.5. The number of carbonyl (C=O) groups excluding carboxylic acids is 2. The highest BCUT2D eigenvalue weighted by Crippen LogP contribution is 2.23. The van der Waals surface area contributed by atoms with Gasteiger partial charge in [-0.2, -0.15) is 0 Å². The van der Waals surface area contributed by atoms with Gasteiger partial charge in [0.15, 0.2) is 0 Å². The molecule has 2 rings (SSSR count). The van der Waals surface area contributed by atoms with Crippen LogP contribution < -0.4 is 11.1 Å². The highest BCUT2D eigenvalue weighted by atomic mass is 16.2. The van der Waals surface area contributed by atoms with Gasteiger partial charge >= 0.3 is 0 Å². The smallest absolute Gasteiger partial charge is 0.265 e. The Morgan fingerprint density at radius 1 is 1.27 bits per heavy atom. The molecule has 2 amide bonds. The van der Waals surface area contributed by atoms with Crippen LogP contribution in [0.1, 0.15) is 41.7 Å². The summed E-state index contributed by atoms with van der Waals surface area (Å²) in [5, 5.41) is 2.83. The number of hydrogen-bond acceptors (Lipinski definition) is 2. The van der Waals surface area contributed by atoms with E-state index in [9.17, 15) is 9.59 Å². The topological polar surface area (TPSA) is 77.1 Å².